The minimum atomic E-state index is -0.141. The number of carbonyl (C=O) groups excluding carboxylic acids is 1. The van der Waals surface area contributed by atoms with Crippen molar-refractivity contribution >= 4 is 5.91 Å². The molecule has 4 heteroatoms. The summed E-state index contributed by atoms with van der Waals surface area (Å²) in [7, 11) is 1.60. The van der Waals surface area contributed by atoms with Gasteiger partial charge in [0, 0.05) is 13.2 Å². The third kappa shape index (κ3) is 4.87. The van der Waals surface area contributed by atoms with Gasteiger partial charge >= 0.3 is 0 Å². The van der Waals surface area contributed by atoms with Gasteiger partial charge in [0.2, 0.25) is 0 Å². The fourth-order valence-electron chi connectivity index (χ4n) is 1.47. The first kappa shape index (κ1) is 13.5. The summed E-state index contributed by atoms with van der Waals surface area (Å²) in [6.07, 6.45) is 0. The number of rotatable bonds is 6. The number of nitrogens with one attached hydrogen (secondary N) is 1. The highest BCUT2D eigenvalue weighted by atomic mass is 16.5. The number of hydrogen-bond donors (Lipinski definition) is 1. The van der Waals surface area contributed by atoms with E-state index in [4.69, 9.17) is 9.47 Å². The molecule has 0 aliphatic carbocycles. The van der Waals surface area contributed by atoms with E-state index < -0.39 is 0 Å². The molecular formula is C13H19NO3. The van der Waals surface area contributed by atoms with E-state index in [2.05, 4.69) is 5.32 Å². The van der Waals surface area contributed by atoms with Crippen molar-refractivity contribution in [2.45, 2.75) is 19.9 Å². The molecule has 0 spiro atoms. The van der Waals surface area contributed by atoms with Crippen molar-refractivity contribution in [2.24, 2.45) is 0 Å². The average molecular weight is 237 g/mol. The molecule has 1 aromatic rings. The molecule has 0 bridgehead atoms. The van der Waals surface area contributed by atoms with Gasteiger partial charge in [0.1, 0.15) is 5.75 Å². The van der Waals surface area contributed by atoms with Crippen molar-refractivity contribution in [3.8, 4) is 5.75 Å². The van der Waals surface area contributed by atoms with E-state index in [-0.39, 0.29) is 18.6 Å². The molecule has 0 aliphatic heterocycles. The molecule has 1 aromatic carbocycles. The van der Waals surface area contributed by atoms with Crippen LogP contribution in [-0.4, -0.2) is 32.3 Å². The maximum Gasteiger partial charge on any atom is 0.258 e. The molecule has 0 heterocycles. The van der Waals surface area contributed by atoms with Crippen molar-refractivity contribution < 1.29 is 14.3 Å². The van der Waals surface area contributed by atoms with Crippen LogP contribution in [0.1, 0.15) is 12.5 Å². The second-order valence-electron chi connectivity index (χ2n) is 3.98. The highest BCUT2D eigenvalue weighted by molar-refractivity contribution is 5.77. The summed E-state index contributed by atoms with van der Waals surface area (Å²) in [5.41, 5.74) is 1.02. The fourth-order valence-corrected chi connectivity index (χ4v) is 1.47. The predicted molar refractivity (Wildman–Crippen MR) is 66.2 cm³/mol. The molecule has 1 N–H and O–H groups in total. The average Bonchev–Trinajstić information content (AvgIpc) is 2.28. The van der Waals surface area contributed by atoms with Gasteiger partial charge in [0.25, 0.3) is 5.91 Å². The zero-order valence-corrected chi connectivity index (χ0v) is 10.5. The predicted octanol–water partition coefficient (Wildman–Crippen LogP) is 1.52. The Labute approximate surface area is 102 Å². The molecule has 94 valence electrons. The van der Waals surface area contributed by atoms with E-state index in [0.717, 1.165) is 11.3 Å². The van der Waals surface area contributed by atoms with Gasteiger partial charge in [-0.05, 0) is 25.5 Å². The van der Waals surface area contributed by atoms with E-state index in [0.29, 0.717) is 6.61 Å². The Morgan fingerprint density at radius 3 is 2.76 bits per heavy atom. The van der Waals surface area contributed by atoms with Crippen LogP contribution in [0, 0.1) is 6.92 Å². The highest BCUT2D eigenvalue weighted by Crippen LogP contribution is 2.15. The molecule has 0 saturated heterocycles. The van der Waals surface area contributed by atoms with Crippen LogP contribution < -0.4 is 10.1 Å². The normalized spacial score (nSPS) is 11.9. The van der Waals surface area contributed by atoms with E-state index >= 15 is 0 Å². The van der Waals surface area contributed by atoms with Crippen LogP contribution in [0.2, 0.25) is 0 Å². The van der Waals surface area contributed by atoms with Crippen LogP contribution in [0.15, 0.2) is 24.3 Å². The van der Waals surface area contributed by atoms with Crippen molar-refractivity contribution in [2.75, 3.05) is 20.3 Å². The maximum absolute atomic E-state index is 11.5. The third-order valence-corrected chi connectivity index (χ3v) is 2.28. The minimum absolute atomic E-state index is 0.00651. The molecule has 0 aliphatic rings. The lowest BCUT2D eigenvalue weighted by Gasteiger charge is -2.13. The summed E-state index contributed by atoms with van der Waals surface area (Å²) in [6, 6.07) is 7.60. The second-order valence-corrected chi connectivity index (χ2v) is 3.98. The zero-order valence-electron chi connectivity index (χ0n) is 10.5. The summed E-state index contributed by atoms with van der Waals surface area (Å²) in [4.78, 5) is 11.5. The van der Waals surface area contributed by atoms with Crippen molar-refractivity contribution in [1.82, 2.24) is 5.32 Å². The lowest BCUT2D eigenvalue weighted by Crippen LogP contribution is -2.38. The van der Waals surface area contributed by atoms with Gasteiger partial charge in [-0.1, -0.05) is 18.2 Å². The van der Waals surface area contributed by atoms with Gasteiger partial charge in [-0.2, -0.15) is 0 Å². The Morgan fingerprint density at radius 2 is 2.12 bits per heavy atom. The summed E-state index contributed by atoms with van der Waals surface area (Å²) < 4.78 is 10.4. The molecule has 0 unspecified atom stereocenters. The SMILES string of the molecule is COC[C@H](C)NC(=O)COc1ccccc1C. The number of aryl methyl sites for hydroxylation is 1. The monoisotopic (exact) mass is 237 g/mol. The molecule has 1 rings (SSSR count). The van der Waals surface area contributed by atoms with Gasteiger partial charge in [-0.15, -0.1) is 0 Å². The minimum Gasteiger partial charge on any atom is -0.484 e. The summed E-state index contributed by atoms with van der Waals surface area (Å²) >= 11 is 0. The van der Waals surface area contributed by atoms with Crippen LogP contribution in [0.5, 0.6) is 5.75 Å². The Balaban J connectivity index is 2.36. The fraction of sp³-hybridized carbons (Fsp3) is 0.462. The molecular weight excluding hydrogens is 218 g/mol. The summed E-state index contributed by atoms with van der Waals surface area (Å²) in [6.45, 7) is 4.35. The number of hydrogen-bond acceptors (Lipinski definition) is 3. The number of para-hydroxylation sites is 1. The Bertz CT molecular complexity index is 365. The van der Waals surface area contributed by atoms with Crippen molar-refractivity contribution in [3.05, 3.63) is 29.8 Å². The lowest BCUT2D eigenvalue weighted by atomic mass is 10.2. The Hall–Kier alpha value is -1.55. The van der Waals surface area contributed by atoms with Gasteiger partial charge < -0.3 is 14.8 Å². The molecule has 1 amide bonds. The molecule has 0 saturated carbocycles. The zero-order chi connectivity index (χ0) is 12.7. The van der Waals surface area contributed by atoms with E-state index in [1.54, 1.807) is 7.11 Å². The largest absolute Gasteiger partial charge is 0.484 e. The number of amides is 1. The van der Waals surface area contributed by atoms with Crippen LogP contribution >= 0.6 is 0 Å². The van der Waals surface area contributed by atoms with Gasteiger partial charge in [-0.25, -0.2) is 0 Å². The molecule has 0 fully saturated rings. The number of carbonyl (C=O) groups is 1. The van der Waals surface area contributed by atoms with Crippen LogP contribution in [0.3, 0.4) is 0 Å². The van der Waals surface area contributed by atoms with Crippen molar-refractivity contribution in [3.63, 3.8) is 0 Å². The number of ether oxygens (including phenoxy) is 2. The first-order valence-corrected chi connectivity index (χ1v) is 5.60. The summed E-state index contributed by atoms with van der Waals surface area (Å²) in [5, 5.41) is 2.78. The Kier molecular flexibility index (Phi) is 5.49. The molecule has 0 aromatic heterocycles. The third-order valence-electron chi connectivity index (χ3n) is 2.28. The smallest absolute Gasteiger partial charge is 0.258 e. The maximum atomic E-state index is 11.5. The van der Waals surface area contributed by atoms with Crippen LogP contribution in [0.25, 0.3) is 0 Å². The van der Waals surface area contributed by atoms with Gasteiger partial charge in [0.15, 0.2) is 6.61 Å². The molecule has 4 nitrogen and oxygen atoms in total. The topological polar surface area (TPSA) is 47.6 Å². The van der Waals surface area contributed by atoms with E-state index in [9.17, 15) is 4.79 Å². The molecule has 0 radical (unpaired) electrons. The number of benzene rings is 1. The molecule has 1 atom stereocenters. The Morgan fingerprint density at radius 1 is 1.41 bits per heavy atom. The van der Waals surface area contributed by atoms with E-state index in [1.165, 1.54) is 0 Å². The van der Waals surface area contributed by atoms with Gasteiger partial charge in [0.05, 0.1) is 6.61 Å². The number of methoxy groups -OCH3 is 1. The standard InChI is InChI=1S/C13H19NO3/c1-10-6-4-5-7-12(10)17-9-13(15)14-11(2)8-16-3/h4-7,11H,8-9H2,1-3H3,(H,14,15)/t11-/m0/s1. The van der Waals surface area contributed by atoms with E-state index in [1.807, 2.05) is 38.1 Å². The van der Waals surface area contributed by atoms with Gasteiger partial charge in [-0.3, -0.25) is 4.79 Å². The van der Waals surface area contributed by atoms with Crippen LogP contribution in [0.4, 0.5) is 0 Å². The highest BCUT2D eigenvalue weighted by Gasteiger charge is 2.08. The quantitative estimate of drug-likeness (QED) is 0.816. The first-order chi connectivity index (χ1) is 8.13. The van der Waals surface area contributed by atoms with Crippen LogP contribution in [-0.2, 0) is 9.53 Å². The lowest BCUT2D eigenvalue weighted by molar-refractivity contribution is -0.124. The van der Waals surface area contributed by atoms with Crippen molar-refractivity contribution in [1.29, 1.82) is 0 Å². The summed E-state index contributed by atoms with van der Waals surface area (Å²) in [5.74, 6) is 0.597. The first-order valence-electron chi connectivity index (χ1n) is 5.60. The molecule has 17 heavy (non-hydrogen) atoms. The second kappa shape index (κ2) is 6.91.